The summed E-state index contributed by atoms with van der Waals surface area (Å²) in [6, 6.07) is 0. The van der Waals surface area contributed by atoms with E-state index < -0.39 is 16.1 Å². The number of carboxylic acids is 1. The number of aliphatic carboxylic acids is 1. The molecular formula is C14H29N2O5S+. The molecule has 22 heavy (non-hydrogen) atoms. The number of carbonyl (C=O) groups excluding carboxylic acids is 1. The molecule has 0 unspecified atom stereocenters. The quantitative estimate of drug-likeness (QED) is 0.335. The number of carboxylic acid groups (broad SMARTS) is 1. The van der Waals surface area contributed by atoms with E-state index in [0.29, 0.717) is 28.6 Å². The Morgan fingerprint density at radius 3 is 1.73 bits per heavy atom. The van der Waals surface area contributed by atoms with E-state index in [1.807, 2.05) is 7.05 Å². The molecule has 0 spiro atoms. The molecule has 0 aliphatic carbocycles. The monoisotopic (exact) mass is 337 g/mol. The summed E-state index contributed by atoms with van der Waals surface area (Å²) in [6.45, 7) is 8.96. The molecule has 0 saturated carbocycles. The van der Waals surface area contributed by atoms with Crippen LogP contribution in [0.5, 0.6) is 0 Å². The summed E-state index contributed by atoms with van der Waals surface area (Å²) >= 11 is 0. The van der Waals surface area contributed by atoms with Gasteiger partial charge in [-0.15, -0.1) is 0 Å². The summed E-state index contributed by atoms with van der Waals surface area (Å²) in [4.78, 5) is 9.89. The summed E-state index contributed by atoms with van der Waals surface area (Å²) in [5.41, 5.74) is 0. The minimum atomic E-state index is -3.88. The van der Waals surface area contributed by atoms with Gasteiger partial charge >= 0.3 is 0 Å². The number of carbonyl (C=O) groups is 1. The van der Waals surface area contributed by atoms with Crippen LogP contribution in [0.3, 0.4) is 0 Å². The molecule has 0 aromatic rings. The Kier molecular flexibility index (Phi) is 10.2. The van der Waals surface area contributed by atoms with Crippen LogP contribution in [-0.4, -0.2) is 88.0 Å². The molecule has 0 saturated heterocycles. The highest BCUT2D eigenvalue weighted by Crippen LogP contribution is 2.03. The smallest absolute Gasteiger partial charge is 0.270 e. The summed E-state index contributed by atoms with van der Waals surface area (Å²) in [7, 11) is 3.42. The summed E-state index contributed by atoms with van der Waals surface area (Å²) in [6.07, 6.45) is 3.46. The van der Waals surface area contributed by atoms with Crippen LogP contribution < -0.4 is 5.11 Å². The Balaban J connectivity index is 0. The van der Waals surface area contributed by atoms with Crippen molar-refractivity contribution in [3.63, 3.8) is 0 Å². The predicted molar refractivity (Wildman–Crippen MR) is 85.5 cm³/mol. The van der Waals surface area contributed by atoms with Crippen molar-refractivity contribution in [2.75, 3.05) is 60.1 Å². The summed E-state index contributed by atoms with van der Waals surface area (Å²) in [5.74, 6) is -1.23. The maximum absolute atomic E-state index is 10.6. The molecule has 0 bridgehead atoms. The van der Waals surface area contributed by atoms with Gasteiger partial charge in [-0.05, 0) is 12.2 Å². The van der Waals surface area contributed by atoms with E-state index in [1.165, 1.54) is 0 Å². The third-order valence-corrected chi connectivity index (χ3v) is 3.33. The van der Waals surface area contributed by atoms with Crippen LogP contribution >= 0.6 is 0 Å². The molecule has 0 fully saturated rings. The standard InChI is InChI=1S/C9H17NO3S.C5H11NO2/c1-4-6-10(3,7-5-2)8-9-14(11,12)13;1-6(2,3)4-5(7)8/h4-5H,1-2,6-9H2,3H3;4H2,1-3H3/p+1. The lowest BCUT2D eigenvalue weighted by Gasteiger charge is -2.31. The van der Waals surface area contributed by atoms with E-state index in [1.54, 1.807) is 33.3 Å². The van der Waals surface area contributed by atoms with Crippen molar-refractivity contribution in [3.8, 4) is 0 Å². The van der Waals surface area contributed by atoms with Crippen molar-refractivity contribution in [2.45, 2.75) is 0 Å². The first kappa shape index (κ1) is 23.1. The Bertz CT molecular complexity index is 456. The number of hydrogen-bond acceptors (Lipinski definition) is 4. The Labute approximate surface area is 134 Å². The molecule has 8 heteroatoms. The van der Waals surface area contributed by atoms with Gasteiger partial charge in [0, 0.05) is 0 Å². The maximum Gasteiger partial charge on any atom is 0.270 e. The van der Waals surface area contributed by atoms with Gasteiger partial charge in [0.05, 0.1) is 53.8 Å². The van der Waals surface area contributed by atoms with Crippen molar-refractivity contribution >= 4 is 16.1 Å². The van der Waals surface area contributed by atoms with E-state index in [-0.39, 0.29) is 12.3 Å². The maximum atomic E-state index is 10.6. The molecule has 0 aromatic carbocycles. The lowest BCUT2D eigenvalue weighted by molar-refractivity contribution is -0.895. The van der Waals surface area contributed by atoms with Crippen LogP contribution in [0.2, 0.25) is 0 Å². The molecule has 0 aliphatic rings. The highest BCUT2D eigenvalue weighted by Gasteiger charge is 2.21. The fourth-order valence-corrected chi connectivity index (χ4v) is 2.27. The predicted octanol–water partition coefficient (Wildman–Crippen LogP) is -0.865. The molecule has 130 valence electrons. The first-order chi connectivity index (χ1) is 9.74. The second-order valence-electron chi connectivity index (χ2n) is 6.39. The van der Waals surface area contributed by atoms with Crippen molar-refractivity contribution in [1.29, 1.82) is 0 Å². The average molecular weight is 337 g/mol. The van der Waals surface area contributed by atoms with Crippen molar-refractivity contribution in [1.82, 2.24) is 0 Å². The number of quaternary nitrogens is 2. The zero-order valence-electron chi connectivity index (χ0n) is 14.0. The molecule has 1 N–H and O–H groups in total. The molecule has 0 amide bonds. The van der Waals surface area contributed by atoms with E-state index in [9.17, 15) is 18.3 Å². The van der Waals surface area contributed by atoms with E-state index in [0.717, 1.165) is 0 Å². The van der Waals surface area contributed by atoms with Gasteiger partial charge in [-0.1, -0.05) is 13.2 Å². The fraction of sp³-hybridized carbons (Fsp3) is 0.643. The molecule has 0 aliphatic heterocycles. The van der Waals surface area contributed by atoms with E-state index >= 15 is 0 Å². The second kappa shape index (κ2) is 9.73. The Morgan fingerprint density at radius 1 is 1.14 bits per heavy atom. The van der Waals surface area contributed by atoms with Gasteiger partial charge in [-0.25, -0.2) is 0 Å². The zero-order chi connectivity index (χ0) is 18.0. The topological polar surface area (TPSA) is 94.5 Å². The van der Waals surface area contributed by atoms with Gasteiger partial charge in [0.1, 0.15) is 12.3 Å². The summed E-state index contributed by atoms with van der Waals surface area (Å²) in [5, 5.41) is 9.89. The van der Waals surface area contributed by atoms with Gasteiger partial charge in [-0.3, -0.25) is 4.55 Å². The summed E-state index contributed by atoms with van der Waals surface area (Å²) < 4.78 is 30.7. The van der Waals surface area contributed by atoms with Crippen LogP contribution in [0.1, 0.15) is 0 Å². The highest BCUT2D eigenvalue weighted by molar-refractivity contribution is 7.85. The highest BCUT2D eigenvalue weighted by atomic mass is 32.2. The number of rotatable bonds is 9. The lowest BCUT2D eigenvalue weighted by atomic mass is 10.3. The Hall–Kier alpha value is -1.22. The first-order valence-electron chi connectivity index (χ1n) is 6.75. The molecule has 7 nitrogen and oxygen atoms in total. The molecule has 0 heterocycles. The molecule has 0 radical (unpaired) electrons. The minimum absolute atomic E-state index is 0.0694. The number of nitrogens with zero attached hydrogens (tertiary/aromatic N) is 2. The molecule has 0 atom stereocenters. The van der Waals surface area contributed by atoms with Crippen LogP contribution in [0.15, 0.2) is 25.3 Å². The average Bonchev–Trinajstić information content (AvgIpc) is 2.23. The van der Waals surface area contributed by atoms with Crippen molar-refractivity contribution < 1.29 is 31.8 Å². The molecule has 0 aromatic heterocycles. The largest absolute Gasteiger partial charge is 0.544 e. The number of hydrogen-bond donors (Lipinski definition) is 1. The van der Waals surface area contributed by atoms with E-state index in [2.05, 4.69) is 13.2 Å². The minimum Gasteiger partial charge on any atom is -0.544 e. The first-order valence-corrected chi connectivity index (χ1v) is 8.36. The lowest BCUT2D eigenvalue weighted by Crippen LogP contribution is -2.47. The molecular weight excluding hydrogens is 308 g/mol. The SMILES string of the molecule is C=CC[N+](C)(CC=C)CCS(=O)(=O)O.C[N+](C)(C)CC(=O)[O-]. The van der Waals surface area contributed by atoms with E-state index in [4.69, 9.17) is 4.55 Å². The van der Waals surface area contributed by atoms with Gasteiger partial charge in [0.15, 0.2) is 0 Å². The van der Waals surface area contributed by atoms with Crippen LogP contribution in [0.25, 0.3) is 0 Å². The number of likely N-dealkylation sites (N-methyl/N-ethyl adjacent to an activating group) is 2. The van der Waals surface area contributed by atoms with Crippen molar-refractivity contribution in [3.05, 3.63) is 25.3 Å². The van der Waals surface area contributed by atoms with Gasteiger partial charge in [0.25, 0.3) is 10.1 Å². The fourth-order valence-electron chi connectivity index (χ4n) is 1.60. The Morgan fingerprint density at radius 2 is 1.55 bits per heavy atom. The zero-order valence-corrected chi connectivity index (χ0v) is 14.8. The van der Waals surface area contributed by atoms with Crippen LogP contribution in [0.4, 0.5) is 0 Å². The van der Waals surface area contributed by atoms with Crippen LogP contribution in [-0.2, 0) is 14.9 Å². The normalized spacial score (nSPS) is 12.0. The van der Waals surface area contributed by atoms with Gasteiger partial charge in [-0.2, -0.15) is 8.42 Å². The van der Waals surface area contributed by atoms with Crippen LogP contribution in [0, 0.1) is 0 Å². The van der Waals surface area contributed by atoms with Gasteiger partial charge < -0.3 is 18.9 Å². The second-order valence-corrected chi connectivity index (χ2v) is 7.96. The third-order valence-electron chi connectivity index (χ3n) is 2.63. The molecule has 0 rings (SSSR count). The van der Waals surface area contributed by atoms with Gasteiger partial charge in [0.2, 0.25) is 0 Å². The third kappa shape index (κ3) is 16.8. The van der Waals surface area contributed by atoms with Crippen molar-refractivity contribution in [2.24, 2.45) is 0 Å².